The summed E-state index contributed by atoms with van der Waals surface area (Å²) in [6.45, 7) is 0. The van der Waals surface area contributed by atoms with E-state index < -0.39 is 0 Å². The van der Waals surface area contributed by atoms with Gasteiger partial charge in [0.05, 0.1) is 14.4 Å². The lowest BCUT2D eigenvalue weighted by atomic mass is 10.2. The number of nitrogens with one attached hydrogen (secondary N) is 1. The van der Waals surface area contributed by atoms with Gasteiger partial charge in [-0.25, -0.2) is 9.97 Å². The van der Waals surface area contributed by atoms with E-state index in [0.717, 1.165) is 31.8 Å². The van der Waals surface area contributed by atoms with Gasteiger partial charge in [0.1, 0.15) is 5.82 Å². The summed E-state index contributed by atoms with van der Waals surface area (Å²) in [5.41, 5.74) is 2.44. The summed E-state index contributed by atoms with van der Waals surface area (Å²) in [7, 11) is 1.92. The maximum atomic E-state index is 4.66. The van der Waals surface area contributed by atoms with Crippen molar-refractivity contribution >= 4 is 44.8 Å². The summed E-state index contributed by atoms with van der Waals surface area (Å²) < 4.78 is 1.11. The van der Waals surface area contributed by atoms with Crippen molar-refractivity contribution in [2.45, 2.75) is 11.5 Å². The summed E-state index contributed by atoms with van der Waals surface area (Å²) in [5, 5.41) is 3.17. The number of hydrogen-bond donors (Lipinski definition) is 1. The van der Waals surface area contributed by atoms with Crippen molar-refractivity contribution in [2.24, 2.45) is 0 Å². The van der Waals surface area contributed by atoms with Crippen molar-refractivity contribution in [1.29, 1.82) is 0 Å². The molecule has 17 heavy (non-hydrogen) atoms. The lowest BCUT2D eigenvalue weighted by Crippen LogP contribution is -2.02. The molecule has 0 saturated heterocycles. The van der Waals surface area contributed by atoms with Crippen molar-refractivity contribution in [3.05, 3.63) is 27.2 Å². The van der Waals surface area contributed by atoms with E-state index in [2.05, 4.69) is 37.3 Å². The van der Waals surface area contributed by atoms with Crippen LogP contribution in [-0.4, -0.2) is 17.0 Å². The van der Waals surface area contributed by atoms with Crippen molar-refractivity contribution < 1.29 is 0 Å². The van der Waals surface area contributed by atoms with E-state index in [-0.39, 0.29) is 0 Å². The van der Waals surface area contributed by atoms with Gasteiger partial charge in [-0.2, -0.15) is 11.8 Å². The SMILES string of the molecule is CNc1nc(-c2ccc(Br)s2)nc2c1CSC2. The Morgan fingerprint density at radius 1 is 1.29 bits per heavy atom. The Kier molecular flexibility index (Phi) is 3.10. The molecule has 0 unspecified atom stereocenters. The van der Waals surface area contributed by atoms with E-state index in [4.69, 9.17) is 0 Å². The first-order valence-electron chi connectivity index (χ1n) is 5.19. The lowest BCUT2D eigenvalue weighted by molar-refractivity contribution is 1.08. The zero-order chi connectivity index (χ0) is 11.8. The Hall–Kier alpha value is -0.590. The van der Waals surface area contributed by atoms with E-state index in [9.17, 15) is 0 Å². The first-order valence-corrected chi connectivity index (χ1v) is 7.95. The van der Waals surface area contributed by atoms with Gasteiger partial charge < -0.3 is 5.32 Å². The van der Waals surface area contributed by atoms with Gasteiger partial charge in [-0.3, -0.25) is 0 Å². The zero-order valence-electron chi connectivity index (χ0n) is 9.16. The average Bonchev–Trinajstić information content (AvgIpc) is 2.95. The van der Waals surface area contributed by atoms with Crippen LogP contribution >= 0.6 is 39.0 Å². The molecule has 0 amide bonds. The first kappa shape index (κ1) is 11.5. The minimum Gasteiger partial charge on any atom is -0.373 e. The molecule has 2 aromatic rings. The standard InChI is InChI=1S/C11H10BrN3S2/c1-13-10-6-4-16-5-7(6)14-11(15-10)8-2-3-9(12)17-8/h2-3H,4-5H2,1H3,(H,13,14,15). The second-order valence-electron chi connectivity index (χ2n) is 3.67. The van der Waals surface area contributed by atoms with Crippen LogP contribution in [0.3, 0.4) is 0 Å². The normalized spacial score (nSPS) is 13.8. The number of rotatable bonds is 2. The highest BCUT2D eigenvalue weighted by molar-refractivity contribution is 9.11. The first-order chi connectivity index (χ1) is 8.28. The quantitative estimate of drug-likeness (QED) is 0.911. The average molecular weight is 328 g/mol. The number of aromatic nitrogens is 2. The molecule has 88 valence electrons. The molecule has 0 atom stereocenters. The van der Waals surface area contributed by atoms with Crippen molar-refractivity contribution in [3.8, 4) is 10.7 Å². The smallest absolute Gasteiger partial charge is 0.171 e. The summed E-state index contributed by atoms with van der Waals surface area (Å²) in [6, 6.07) is 4.09. The van der Waals surface area contributed by atoms with E-state index in [1.165, 1.54) is 11.3 Å². The molecule has 3 rings (SSSR count). The molecule has 3 nitrogen and oxygen atoms in total. The van der Waals surface area contributed by atoms with Crippen LogP contribution < -0.4 is 5.32 Å². The van der Waals surface area contributed by atoms with Gasteiger partial charge in [-0.15, -0.1) is 11.3 Å². The van der Waals surface area contributed by atoms with E-state index in [0.29, 0.717) is 0 Å². The summed E-state index contributed by atoms with van der Waals surface area (Å²) in [5.74, 6) is 3.80. The molecular formula is C11H10BrN3S2. The van der Waals surface area contributed by atoms with E-state index in [1.807, 2.05) is 24.9 Å². The Morgan fingerprint density at radius 2 is 2.18 bits per heavy atom. The van der Waals surface area contributed by atoms with Crippen LogP contribution in [-0.2, 0) is 11.5 Å². The minimum atomic E-state index is 0.825. The third kappa shape index (κ3) is 2.09. The van der Waals surface area contributed by atoms with Gasteiger partial charge in [0.25, 0.3) is 0 Å². The maximum absolute atomic E-state index is 4.66. The Bertz CT molecular complexity index is 568. The molecule has 1 N–H and O–H groups in total. The third-order valence-electron chi connectivity index (χ3n) is 2.61. The molecule has 0 fully saturated rings. The number of nitrogens with zero attached hydrogens (tertiary/aromatic N) is 2. The second-order valence-corrected chi connectivity index (χ2v) is 7.12. The Balaban J connectivity index is 2.12. The van der Waals surface area contributed by atoms with Gasteiger partial charge in [0.15, 0.2) is 5.82 Å². The Labute approximate surface area is 116 Å². The van der Waals surface area contributed by atoms with Gasteiger partial charge in [0, 0.05) is 24.1 Å². The van der Waals surface area contributed by atoms with Gasteiger partial charge in [-0.05, 0) is 28.1 Å². The molecule has 0 saturated carbocycles. The Morgan fingerprint density at radius 3 is 2.88 bits per heavy atom. The maximum Gasteiger partial charge on any atom is 0.171 e. The van der Waals surface area contributed by atoms with Gasteiger partial charge in [-0.1, -0.05) is 0 Å². The molecular weight excluding hydrogens is 318 g/mol. The zero-order valence-corrected chi connectivity index (χ0v) is 12.4. The molecule has 1 aliphatic heterocycles. The molecule has 1 aliphatic rings. The van der Waals surface area contributed by atoms with Crippen LogP contribution in [0.25, 0.3) is 10.7 Å². The van der Waals surface area contributed by atoms with Crippen LogP contribution in [0.1, 0.15) is 11.3 Å². The van der Waals surface area contributed by atoms with Crippen LogP contribution in [0.4, 0.5) is 5.82 Å². The van der Waals surface area contributed by atoms with Crippen molar-refractivity contribution in [1.82, 2.24) is 9.97 Å². The van der Waals surface area contributed by atoms with Gasteiger partial charge >= 0.3 is 0 Å². The molecule has 6 heteroatoms. The number of halogens is 1. The highest BCUT2D eigenvalue weighted by Crippen LogP contribution is 2.36. The number of anilines is 1. The number of fused-ring (bicyclic) bond motifs is 1. The highest BCUT2D eigenvalue weighted by atomic mass is 79.9. The summed E-state index contributed by atoms with van der Waals surface area (Å²) in [4.78, 5) is 10.4. The third-order valence-corrected chi connectivity index (χ3v) is 5.20. The predicted molar refractivity (Wildman–Crippen MR) is 77.6 cm³/mol. The van der Waals surface area contributed by atoms with Crippen molar-refractivity contribution in [2.75, 3.05) is 12.4 Å². The molecule has 0 aliphatic carbocycles. The largest absolute Gasteiger partial charge is 0.373 e. The number of thiophene rings is 1. The number of thioether (sulfide) groups is 1. The monoisotopic (exact) mass is 327 g/mol. The lowest BCUT2D eigenvalue weighted by Gasteiger charge is -2.07. The summed E-state index contributed by atoms with van der Waals surface area (Å²) >= 11 is 7.03. The molecule has 3 heterocycles. The topological polar surface area (TPSA) is 37.8 Å². The molecule has 2 aromatic heterocycles. The fourth-order valence-corrected chi connectivity index (χ4v) is 4.16. The molecule has 0 bridgehead atoms. The fraction of sp³-hybridized carbons (Fsp3) is 0.273. The van der Waals surface area contributed by atoms with Gasteiger partial charge in [0.2, 0.25) is 0 Å². The molecule has 0 radical (unpaired) electrons. The highest BCUT2D eigenvalue weighted by Gasteiger charge is 2.20. The van der Waals surface area contributed by atoms with E-state index >= 15 is 0 Å². The second kappa shape index (κ2) is 4.59. The number of hydrogen-bond acceptors (Lipinski definition) is 5. The van der Waals surface area contributed by atoms with Crippen LogP contribution in [0.2, 0.25) is 0 Å². The summed E-state index contributed by atoms with van der Waals surface area (Å²) in [6.07, 6.45) is 0. The molecule has 0 aromatic carbocycles. The van der Waals surface area contributed by atoms with E-state index in [1.54, 1.807) is 11.3 Å². The van der Waals surface area contributed by atoms with Crippen molar-refractivity contribution in [3.63, 3.8) is 0 Å². The predicted octanol–water partition coefficient (Wildman–Crippen LogP) is 3.76. The van der Waals surface area contributed by atoms with Crippen LogP contribution in [0.15, 0.2) is 15.9 Å². The van der Waals surface area contributed by atoms with Crippen LogP contribution in [0.5, 0.6) is 0 Å². The minimum absolute atomic E-state index is 0.825. The van der Waals surface area contributed by atoms with Crippen LogP contribution in [0, 0.1) is 0 Å². The molecule has 0 spiro atoms. The fourth-order valence-electron chi connectivity index (χ4n) is 1.80.